The van der Waals surface area contributed by atoms with Crippen LogP contribution in [0.2, 0.25) is 0 Å². The summed E-state index contributed by atoms with van der Waals surface area (Å²) in [5.41, 5.74) is 16.8. The number of nitrogens with zero attached hydrogens (tertiary/aromatic N) is 1. The van der Waals surface area contributed by atoms with E-state index in [0.29, 0.717) is 38.6 Å². The first kappa shape index (κ1) is 54.6. The largest absolute Gasteiger partial charge is 0.481 e. The van der Waals surface area contributed by atoms with Crippen molar-refractivity contribution >= 4 is 59.3 Å². The molecule has 352 valence electrons. The van der Waals surface area contributed by atoms with E-state index >= 15 is 0 Å². The Kier molecular flexibility index (Phi) is 24.8. The quantitative estimate of drug-likeness (QED) is 0.0305. The second-order valence-electron chi connectivity index (χ2n) is 15.5. The van der Waals surface area contributed by atoms with E-state index in [1.807, 2.05) is 0 Å². The fourth-order valence-corrected chi connectivity index (χ4v) is 6.44. The number of hydrogen-bond acceptors (Lipinski definition) is 14. The Morgan fingerprint density at radius 1 is 0.597 bits per heavy atom. The number of nitrogens with one attached hydrogen (secondary N) is 6. The van der Waals surface area contributed by atoms with E-state index in [-0.39, 0.29) is 32.4 Å². The molecule has 0 spiro atoms. The van der Waals surface area contributed by atoms with Crippen LogP contribution in [0, 0.1) is 5.92 Å². The van der Waals surface area contributed by atoms with Crippen LogP contribution in [0.15, 0.2) is 0 Å². The average Bonchev–Trinajstić information content (AvgIpc) is 3.70. The third-order valence-electron chi connectivity index (χ3n) is 10.00. The zero-order valence-corrected chi connectivity index (χ0v) is 35.6. The molecule has 1 aliphatic rings. The van der Waals surface area contributed by atoms with Gasteiger partial charge in [0.15, 0.2) is 0 Å². The molecule has 1 saturated heterocycles. The number of carboxylic acid groups (broad SMARTS) is 3. The molecule has 8 atom stereocenters. The number of hydrogen-bond donors (Lipinski definition) is 13. The molecule has 0 aromatic heterocycles. The Balaban J connectivity index is 3.25. The Hall–Kier alpha value is -5.46. The van der Waals surface area contributed by atoms with E-state index in [9.17, 15) is 63.3 Å². The molecule has 1 aliphatic heterocycles. The van der Waals surface area contributed by atoms with E-state index in [2.05, 4.69) is 31.9 Å². The third kappa shape index (κ3) is 19.1. The summed E-state index contributed by atoms with van der Waals surface area (Å²) >= 11 is 0. The summed E-state index contributed by atoms with van der Waals surface area (Å²) in [7, 11) is 0. The molecule has 0 radical (unpaired) electrons. The fraction of sp³-hybridized carbons (Fsp3) is 0.737. The minimum Gasteiger partial charge on any atom is -0.481 e. The summed E-state index contributed by atoms with van der Waals surface area (Å²) in [6.07, 6.45) is 0.113. The molecule has 1 heterocycles. The van der Waals surface area contributed by atoms with Crippen LogP contribution < -0.4 is 49.1 Å². The molecule has 0 aromatic carbocycles. The highest BCUT2D eigenvalue weighted by Crippen LogP contribution is 2.20. The first-order chi connectivity index (χ1) is 29.2. The number of aliphatic hydroxyl groups is 1. The van der Waals surface area contributed by atoms with Crippen molar-refractivity contribution in [1.82, 2.24) is 36.8 Å². The predicted octanol–water partition coefficient (Wildman–Crippen LogP) is -4.05. The fourth-order valence-electron chi connectivity index (χ4n) is 6.44. The van der Waals surface area contributed by atoms with Crippen LogP contribution in [-0.4, -0.2) is 159 Å². The zero-order valence-electron chi connectivity index (χ0n) is 35.6. The van der Waals surface area contributed by atoms with Crippen LogP contribution in [0.5, 0.6) is 0 Å². The van der Waals surface area contributed by atoms with Gasteiger partial charge in [0.2, 0.25) is 41.4 Å². The second-order valence-corrected chi connectivity index (χ2v) is 15.5. The molecule has 0 aliphatic carbocycles. The lowest BCUT2D eigenvalue weighted by atomic mass is 10.0. The molecule has 24 nitrogen and oxygen atoms in total. The number of likely N-dealkylation sites (tertiary alicyclic amines) is 1. The SMILES string of the molecule is CC(C)[C@H](NC(=O)[C@@H]1CCCN1C(=O)[C@H](CO)NC(=O)[C@H](CCCCN)NC(=O)[C@H](C)N)C(=O)N[C@@H](CCCCN)C(=O)N[C@@H](CCC(=O)O)C(=O)N[C@@H](CCC(=O)O)C(=O)O. The van der Waals surface area contributed by atoms with Crippen molar-refractivity contribution in [2.45, 2.75) is 146 Å². The van der Waals surface area contributed by atoms with Gasteiger partial charge in [-0.2, -0.15) is 0 Å². The molecule has 16 N–H and O–H groups in total. The summed E-state index contributed by atoms with van der Waals surface area (Å²) in [5.74, 6) is -10.6. The van der Waals surface area contributed by atoms with Crippen LogP contribution in [0.1, 0.15) is 97.8 Å². The van der Waals surface area contributed by atoms with Crippen molar-refractivity contribution in [3.8, 4) is 0 Å². The van der Waals surface area contributed by atoms with Gasteiger partial charge in [0.05, 0.1) is 12.6 Å². The predicted molar refractivity (Wildman–Crippen MR) is 219 cm³/mol. The summed E-state index contributed by atoms with van der Waals surface area (Å²) in [6, 6.07) is -10.6. The van der Waals surface area contributed by atoms with Crippen LogP contribution in [-0.2, 0) is 47.9 Å². The number of carbonyl (C=O) groups is 10. The van der Waals surface area contributed by atoms with Crippen molar-refractivity contribution < 1.29 is 68.4 Å². The highest BCUT2D eigenvalue weighted by molar-refractivity contribution is 5.98. The van der Waals surface area contributed by atoms with Crippen molar-refractivity contribution in [3.63, 3.8) is 0 Å². The molecule has 1 rings (SSSR count). The van der Waals surface area contributed by atoms with Crippen LogP contribution in [0.3, 0.4) is 0 Å². The van der Waals surface area contributed by atoms with Gasteiger partial charge in [-0.3, -0.25) is 43.2 Å². The van der Waals surface area contributed by atoms with Gasteiger partial charge in [0.1, 0.15) is 42.3 Å². The first-order valence-electron chi connectivity index (χ1n) is 20.7. The molecule has 62 heavy (non-hydrogen) atoms. The number of carbonyl (C=O) groups excluding carboxylic acids is 7. The monoisotopic (exact) mass is 886 g/mol. The minimum atomic E-state index is -1.68. The lowest BCUT2D eigenvalue weighted by molar-refractivity contribution is -0.144. The van der Waals surface area contributed by atoms with E-state index in [0.717, 1.165) is 4.90 Å². The Morgan fingerprint density at radius 3 is 1.47 bits per heavy atom. The van der Waals surface area contributed by atoms with Crippen molar-refractivity contribution in [3.05, 3.63) is 0 Å². The number of aliphatic carboxylic acids is 3. The van der Waals surface area contributed by atoms with Gasteiger partial charge in [-0.15, -0.1) is 0 Å². The standard InChI is InChI=1S/C38H66N10O14/c1-20(2)30(47-35(58)27-11-8-18-48(27)37(60)26(19-49)46-33(56)22(9-4-6-16-39)42-31(54)21(3)41)36(59)44-23(10-5-7-17-40)32(55)43-24(12-14-28(50)51)34(57)45-25(38(61)62)13-15-29(52)53/h20-27,30,49H,4-19,39-41H2,1-3H3,(H,42,54)(H,43,55)(H,44,59)(H,45,57)(H,46,56)(H,47,58)(H,50,51)(H,52,53)(H,61,62)/t21-,22-,23-,24-,25-,26-,27-,30-/m0/s1. The van der Waals surface area contributed by atoms with Gasteiger partial charge in [0.25, 0.3) is 0 Å². The van der Waals surface area contributed by atoms with Crippen LogP contribution >= 0.6 is 0 Å². The van der Waals surface area contributed by atoms with Gasteiger partial charge in [0, 0.05) is 19.4 Å². The lowest BCUT2D eigenvalue weighted by Gasteiger charge is -2.31. The molecule has 0 aromatic rings. The average molecular weight is 887 g/mol. The second kappa shape index (κ2) is 28.2. The van der Waals surface area contributed by atoms with Gasteiger partial charge in [-0.25, -0.2) is 4.79 Å². The maximum atomic E-state index is 13.8. The molecule has 0 unspecified atom stereocenters. The number of carboxylic acids is 3. The van der Waals surface area contributed by atoms with Gasteiger partial charge < -0.3 is 74.4 Å². The molecule has 0 bridgehead atoms. The summed E-state index contributed by atoms with van der Waals surface area (Å²) in [4.78, 5) is 129. The third-order valence-corrected chi connectivity index (χ3v) is 10.00. The summed E-state index contributed by atoms with van der Waals surface area (Å²) < 4.78 is 0. The number of rotatable bonds is 30. The molecule has 1 fully saturated rings. The van der Waals surface area contributed by atoms with E-state index in [1.165, 1.54) is 6.92 Å². The lowest BCUT2D eigenvalue weighted by Crippen LogP contribution is -2.61. The topological polar surface area (TPSA) is 405 Å². The number of unbranched alkanes of at least 4 members (excludes halogenated alkanes) is 2. The maximum absolute atomic E-state index is 13.8. The highest BCUT2D eigenvalue weighted by Gasteiger charge is 2.40. The number of nitrogens with two attached hydrogens (primary N) is 3. The molecule has 7 amide bonds. The maximum Gasteiger partial charge on any atom is 0.326 e. The molecular weight excluding hydrogens is 820 g/mol. The van der Waals surface area contributed by atoms with Crippen molar-refractivity contribution in [1.29, 1.82) is 0 Å². The van der Waals surface area contributed by atoms with Crippen molar-refractivity contribution in [2.75, 3.05) is 26.2 Å². The summed E-state index contributed by atoms with van der Waals surface area (Å²) in [6.45, 7) is 4.41. The van der Waals surface area contributed by atoms with Gasteiger partial charge >= 0.3 is 17.9 Å². The Bertz CT molecular complexity index is 1560. The van der Waals surface area contributed by atoms with Crippen molar-refractivity contribution in [2.24, 2.45) is 23.1 Å². The minimum absolute atomic E-state index is 0.0286. The van der Waals surface area contributed by atoms with Crippen LogP contribution in [0.4, 0.5) is 0 Å². The molecule has 24 heteroatoms. The molecular formula is C38H66N10O14. The highest BCUT2D eigenvalue weighted by atomic mass is 16.4. The Labute approximate surface area is 359 Å². The normalized spacial score (nSPS) is 17.0. The van der Waals surface area contributed by atoms with E-state index in [4.69, 9.17) is 22.3 Å². The van der Waals surface area contributed by atoms with Gasteiger partial charge in [-0.05, 0) is 90.1 Å². The smallest absolute Gasteiger partial charge is 0.326 e. The number of aliphatic hydroxyl groups excluding tert-OH is 1. The van der Waals surface area contributed by atoms with E-state index < -0.39 is 146 Å². The van der Waals surface area contributed by atoms with Gasteiger partial charge in [-0.1, -0.05) is 13.8 Å². The number of amides is 7. The first-order valence-corrected chi connectivity index (χ1v) is 20.7. The summed E-state index contributed by atoms with van der Waals surface area (Å²) in [5, 5.41) is 52.6. The van der Waals surface area contributed by atoms with E-state index in [1.54, 1.807) is 13.8 Å². The molecule has 0 saturated carbocycles. The zero-order chi connectivity index (χ0) is 47.1. The Morgan fingerprint density at radius 2 is 1.03 bits per heavy atom. The van der Waals surface area contributed by atoms with Crippen LogP contribution in [0.25, 0.3) is 0 Å².